The summed E-state index contributed by atoms with van der Waals surface area (Å²) < 4.78 is 16.4. The van der Waals surface area contributed by atoms with Crippen molar-refractivity contribution < 1.29 is 14.2 Å². The molecule has 3 rings (SSSR count). The molecule has 0 aromatic heterocycles. The molecule has 2 aliphatic rings. The lowest BCUT2D eigenvalue weighted by atomic mass is 9.95. The van der Waals surface area contributed by atoms with Gasteiger partial charge in [-0.25, -0.2) is 0 Å². The monoisotopic (exact) mass is 269 g/mol. The lowest BCUT2D eigenvalue weighted by Gasteiger charge is -2.26. The third-order valence-electron chi connectivity index (χ3n) is 3.47. The van der Waals surface area contributed by atoms with E-state index in [0.717, 1.165) is 24.3 Å². The van der Waals surface area contributed by atoms with Crippen LogP contribution in [0.15, 0.2) is 6.07 Å². The molecule has 5 heteroatoms. The molecule has 4 nitrogen and oxygen atoms in total. The maximum atomic E-state index is 6.24. The van der Waals surface area contributed by atoms with Crippen LogP contribution in [0.2, 0.25) is 5.02 Å². The summed E-state index contributed by atoms with van der Waals surface area (Å²) in [6, 6.07) is 1.98. The summed E-state index contributed by atoms with van der Waals surface area (Å²) in [6.07, 6.45) is 3.47. The van der Waals surface area contributed by atoms with Crippen LogP contribution in [0.4, 0.5) is 0 Å². The summed E-state index contributed by atoms with van der Waals surface area (Å²) in [7, 11) is 1.63. The third kappa shape index (κ3) is 1.89. The van der Waals surface area contributed by atoms with Crippen molar-refractivity contribution in [1.29, 1.82) is 0 Å². The van der Waals surface area contributed by atoms with E-state index in [1.807, 2.05) is 0 Å². The molecule has 1 unspecified atom stereocenters. The molecule has 1 fully saturated rings. The first kappa shape index (κ1) is 11.9. The molecule has 98 valence electrons. The van der Waals surface area contributed by atoms with Crippen LogP contribution in [0.1, 0.15) is 30.9 Å². The van der Waals surface area contributed by atoms with E-state index in [9.17, 15) is 0 Å². The molecule has 0 saturated carbocycles. The zero-order valence-corrected chi connectivity index (χ0v) is 11.0. The van der Waals surface area contributed by atoms with Crippen molar-refractivity contribution in [2.45, 2.75) is 25.3 Å². The molecule has 1 N–H and O–H groups in total. The molecule has 0 aliphatic carbocycles. The van der Waals surface area contributed by atoms with Crippen LogP contribution >= 0.6 is 11.6 Å². The fourth-order valence-electron chi connectivity index (χ4n) is 2.64. The Morgan fingerprint density at radius 2 is 2.28 bits per heavy atom. The standard InChI is InChI=1S/C13H16ClNO3/c1-16-12-8(14)6-10-13(18-7-17-10)11(12)9-4-2-3-5-15-9/h6,9,15H,2-5,7H2,1H3. The maximum absolute atomic E-state index is 6.24. The second-order valence-electron chi connectivity index (χ2n) is 4.54. The van der Waals surface area contributed by atoms with Gasteiger partial charge < -0.3 is 19.5 Å². The average molecular weight is 270 g/mol. The Hall–Kier alpha value is -1.13. The average Bonchev–Trinajstić information content (AvgIpc) is 2.85. The van der Waals surface area contributed by atoms with Crippen molar-refractivity contribution in [1.82, 2.24) is 5.32 Å². The van der Waals surface area contributed by atoms with E-state index < -0.39 is 0 Å². The summed E-state index contributed by atoms with van der Waals surface area (Å²) in [5.74, 6) is 2.18. The first-order valence-electron chi connectivity index (χ1n) is 6.20. The van der Waals surface area contributed by atoms with E-state index in [4.69, 9.17) is 25.8 Å². The lowest BCUT2D eigenvalue weighted by Crippen LogP contribution is -2.27. The van der Waals surface area contributed by atoms with Crippen LogP contribution in [-0.2, 0) is 0 Å². The van der Waals surface area contributed by atoms with E-state index in [1.54, 1.807) is 13.2 Å². The van der Waals surface area contributed by atoms with Gasteiger partial charge >= 0.3 is 0 Å². The number of methoxy groups -OCH3 is 1. The fourth-order valence-corrected chi connectivity index (χ4v) is 2.92. The highest BCUT2D eigenvalue weighted by Crippen LogP contribution is 2.49. The second-order valence-corrected chi connectivity index (χ2v) is 4.95. The number of fused-ring (bicyclic) bond motifs is 1. The molecule has 1 saturated heterocycles. The number of benzene rings is 1. The van der Waals surface area contributed by atoms with Crippen molar-refractivity contribution in [3.63, 3.8) is 0 Å². The Morgan fingerprint density at radius 3 is 3.00 bits per heavy atom. The summed E-state index contributed by atoms with van der Waals surface area (Å²) in [4.78, 5) is 0. The molecule has 0 bridgehead atoms. The van der Waals surface area contributed by atoms with Crippen molar-refractivity contribution in [3.05, 3.63) is 16.7 Å². The highest BCUT2D eigenvalue weighted by molar-refractivity contribution is 6.32. The Balaban J connectivity index is 2.09. The minimum absolute atomic E-state index is 0.225. The van der Waals surface area contributed by atoms with Gasteiger partial charge in [-0.05, 0) is 19.4 Å². The Morgan fingerprint density at radius 1 is 1.39 bits per heavy atom. The molecule has 18 heavy (non-hydrogen) atoms. The van der Waals surface area contributed by atoms with Crippen LogP contribution in [0.3, 0.4) is 0 Å². The summed E-state index contributed by atoms with van der Waals surface area (Å²) in [6.45, 7) is 1.26. The van der Waals surface area contributed by atoms with Crippen LogP contribution in [0.25, 0.3) is 0 Å². The predicted octanol–water partition coefficient (Wildman–Crippen LogP) is 2.89. The van der Waals surface area contributed by atoms with Crippen LogP contribution in [-0.4, -0.2) is 20.4 Å². The molecular formula is C13H16ClNO3. The number of piperidine rings is 1. The van der Waals surface area contributed by atoms with Crippen molar-refractivity contribution in [3.8, 4) is 17.2 Å². The number of rotatable bonds is 2. The molecule has 2 aliphatic heterocycles. The van der Waals surface area contributed by atoms with Crippen LogP contribution in [0.5, 0.6) is 17.2 Å². The summed E-state index contributed by atoms with van der Waals surface area (Å²) >= 11 is 6.24. The number of ether oxygens (including phenoxy) is 3. The number of halogens is 1. The van der Waals surface area contributed by atoms with Gasteiger partial charge in [0, 0.05) is 12.1 Å². The van der Waals surface area contributed by atoms with Crippen molar-refractivity contribution in [2.75, 3.05) is 20.4 Å². The van der Waals surface area contributed by atoms with Gasteiger partial charge in [-0.1, -0.05) is 18.0 Å². The van der Waals surface area contributed by atoms with Gasteiger partial charge in [0.15, 0.2) is 11.5 Å². The molecule has 0 spiro atoms. The van der Waals surface area contributed by atoms with E-state index in [2.05, 4.69) is 5.32 Å². The second kappa shape index (κ2) is 4.86. The van der Waals surface area contributed by atoms with Gasteiger partial charge in [0.05, 0.1) is 17.7 Å². The molecule has 2 heterocycles. The Labute approximate surface area is 111 Å². The highest BCUT2D eigenvalue weighted by atomic mass is 35.5. The van der Waals surface area contributed by atoms with Gasteiger partial charge in [-0.2, -0.15) is 0 Å². The largest absolute Gasteiger partial charge is 0.495 e. The Bertz CT molecular complexity index is 454. The van der Waals surface area contributed by atoms with E-state index in [0.29, 0.717) is 16.5 Å². The molecule has 1 aromatic carbocycles. The predicted molar refractivity (Wildman–Crippen MR) is 68.7 cm³/mol. The SMILES string of the molecule is COc1c(Cl)cc2c(c1C1CCCCN1)OCO2. The number of hydrogen-bond acceptors (Lipinski definition) is 4. The molecule has 1 aromatic rings. The first-order chi connectivity index (χ1) is 8.81. The summed E-state index contributed by atoms with van der Waals surface area (Å²) in [5, 5.41) is 4.07. The molecule has 0 radical (unpaired) electrons. The highest BCUT2D eigenvalue weighted by Gasteiger charge is 2.30. The molecule has 0 amide bonds. The van der Waals surface area contributed by atoms with Crippen molar-refractivity contribution in [2.24, 2.45) is 0 Å². The topological polar surface area (TPSA) is 39.7 Å². The van der Waals surface area contributed by atoms with Gasteiger partial charge in [0.25, 0.3) is 0 Å². The minimum Gasteiger partial charge on any atom is -0.495 e. The quantitative estimate of drug-likeness (QED) is 0.896. The van der Waals surface area contributed by atoms with E-state index in [-0.39, 0.29) is 12.8 Å². The zero-order valence-electron chi connectivity index (χ0n) is 10.3. The smallest absolute Gasteiger partial charge is 0.231 e. The van der Waals surface area contributed by atoms with E-state index in [1.165, 1.54) is 12.8 Å². The van der Waals surface area contributed by atoms with Gasteiger partial charge in [-0.3, -0.25) is 0 Å². The van der Waals surface area contributed by atoms with Gasteiger partial charge in [0.2, 0.25) is 6.79 Å². The normalized spacial score (nSPS) is 22.0. The molecular weight excluding hydrogens is 254 g/mol. The summed E-state index contributed by atoms with van der Waals surface area (Å²) in [5.41, 5.74) is 0.997. The van der Waals surface area contributed by atoms with Gasteiger partial charge in [-0.15, -0.1) is 0 Å². The lowest BCUT2D eigenvalue weighted by molar-refractivity contribution is 0.172. The fraction of sp³-hybridized carbons (Fsp3) is 0.538. The van der Waals surface area contributed by atoms with Crippen LogP contribution in [0, 0.1) is 0 Å². The third-order valence-corrected chi connectivity index (χ3v) is 3.75. The Kier molecular flexibility index (Phi) is 3.22. The number of hydrogen-bond donors (Lipinski definition) is 1. The molecule has 1 atom stereocenters. The van der Waals surface area contributed by atoms with Crippen molar-refractivity contribution >= 4 is 11.6 Å². The minimum atomic E-state index is 0.225. The van der Waals surface area contributed by atoms with Crippen LogP contribution < -0.4 is 19.5 Å². The number of nitrogens with one attached hydrogen (secondary N) is 1. The van der Waals surface area contributed by atoms with E-state index >= 15 is 0 Å². The van der Waals surface area contributed by atoms with Gasteiger partial charge in [0.1, 0.15) is 5.75 Å². The maximum Gasteiger partial charge on any atom is 0.231 e. The zero-order chi connectivity index (χ0) is 12.5. The first-order valence-corrected chi connectivity index (χ1v) is 6.58.